The average molecular weight is 262 g/mol. The minimum atomic E-state index is -0.334. The van der Waals surface area contributed by atoms with Gasteiger partial charge in [0, 0.05) is 7.05 Å². The number of anilines is 1. The van der Waals surface area contributed by atoms with E-state index in [9.17, 15) is 9.18 Å². The summed E-state index contributed by atoms with van der Waals surface area (Å²) in [6.07, 6.45) is 1.41. The van der Waals surface area contributed by atoms with Gasteiger partial charge in [0.25, 0.3) is 5.91 Å². The monoisotopic (exact) mass is 262 g/mol. The first-order valence-corrected chi connectivity index (χ1v) is 5.83. The van der Waals surface area contributed by atoms with Crippen LogP contribution in [0, 0.1) is 5.82 Å². The molecule has 5 nitrogen and oxygen atoms in total. The van der Waals surface area contributed by atoms with E-state index in [0.717, 1.165) is 0 Å². The Morgan fingerprint density at radius 3 is 2.84 bits per heavy atom. The Bertz CT molecular complexity index is 608. The number of carbonyl (C=O) groups excluding carboxylic acids is 1. The van der Waals surface area contributed by atoms with E-state index < -0.39 is 0 Å². The van der Waals surface area contributed by atoms with Crippen LogP contribution < -0.4 is 11.1 Å². The van der Waals surface area contributed by atoms with Gasteiger partial charge in [-0.2, -0.15) is 5.10 Å². The zero-order chi connectivity index (χ0) is 14.0. The van der Waals surface area contributed by atoms with Gasteiger partial charge in [0.05, 0.1) is 12.2 Å². The van der Waals surface area contributed by atoms with Crippen molar-refractivity contribution in [3.63, 3.8) is 0 Å². The maximum absolute atomic E-state index is 13.1. The van der Waals surface area contributed by atoms with Crippen molar-refractivity contribution < 1.29 is 9.18 Å². The molecule has 0 radical (unpaired) electrons. The number of hydrogen-bond donors (Lipinski definition) is 2. The first-order chi connectivity index (χ1) is 8.99. The van der Waals surface area contributed by atoms with Crippen molar-refractivity contribution in [2.75, 3.05) is 5.73 Å². The molecule has 100 valence electrons. The Hall–Kier alpha value is -2.37. The van der Waals surface area contributed by atoms with E-state index in [-0.39, 0.29) is 17.8 Å². The molecular weight excluding hydrogens is 247 g/mol. The molecule has 1 heterocycles. The first-order valence-electron chi connectivity index (χ1n) is 5.83. The van der Waals surface area contributed by atoms with Crippen LogP contribution in [-0.4, -0.2) is 15.7 Å². The van der Waals surface area contributed by atoms with Gasteiger partial charge in [-0.05, 0) is 24.6 Å². The van der Waals surface area contributed by atoms with E-state index in [1.165, 1.54) is 23.0 Å². The maximum Gasteiger partial charge on any atom is 0.257 e. The van der Waals surface area contributed by atoms with E-state index in [4.69, 9.17) is 5.73 Å². The summed E-state index contributed by atoms with van der Waals surface area (Å²) >= 11 is 0. The third-order valence-electron chi connectivity index (χ3n) is 2.93. The fourth-order valence-electron chi connectivity index (χ4n) is 1.76. The van der Waals surface area contributed by atoms with Crippen molar-refractivity contribution in [1.29, 1.82) is 0 Å². The number of aromatic nitrogens is 2. The van der Waals surface area contributed by atoms with E-state index >= 15 is 0 Å². The number of aryl methyl sites for hydroxylation is 1. The number of hydrogen-bond acceptors (Lipinski definition) is 3. The predicted octanol–water partition coefficient (Wildman–Crippen LogP) is 1.63. The molecule has 3 N–H and O–H groups in total. The van der Waals surface area contributed by atoms with Gasteiger partial charge in [-0.25, -0.2) is 4.39 Å². The summed E-state index contributed by atoms with van der Waals surface area (Å²) in [5, 5.41) is 6.66. The highest BCUT2D eigenvalue weighted by Crippen LogP contribution is 2.16. The zero-order valence-corrected chi connectivity index (χ0v) is 10.7. The molecule has 0 aliphatic carbocycles. The molecule has 0 aliphatic heterocycles. The SMILES string of the molecule is CC(NC(=O)c1cnn(C)c1N)c1cccc(F)c1. The second-order valence-corrected chi connectivity index (χ2v) is 4.32. The molecule has 0 saturated carbocycles. The number of nitrogen functional groups attached to an aromatic ring is 1. The third-order valence-corrected chi connectivity index (χ3v) is 2.93. The van der Waals surface area contributed by atoms with Crippen molar-refractivity contribution in [2.24, 2.45) is 7.05 Å². The number of benzene rings is 1. The average Bonchev–Trinajstić information content (AvgIpc) is 2.70. The summed E-state index contributed by atoms with van der Waals surface area (Å²) in [5.74, 6) is -0.370. The molecular formula is C13H15FN4O. The molecule has 0 bridgehead atoms. The van der Waals surface area contributed by atoms with Crippen LogP contribution in [0.2, 0.25) is 0 Å². The van der Waals surface area contributed by atoms with Gasteiger partial charge in [-0.1, -0.05) is 12.1 Å². The molecule has 0 spiro atoms. The molecule has 19 heavy (non-hydrogen) atoms. The summed E-state index contributed by atoms with van der Waals surface area (Å²) in [4.78, 5) is 12.0. The lowest BCUT2D eigenvalue weighted by Gasteiger charge is -2.14. The van der Waals surface area contributed by atoms with Crippen molar-refractivity contribution in [3.05, 3.63) is 47.4 Å². The third kappa shape index (κ3) is 2.73. The smallest absolute Gasteiger partial charge is 0.257 e. The normalized spacial score (nSPS) is 12.2. The van der Waals surface area contributed by atoms with E-state index in [2.05, 4.69) is 10.4 Å². The molecule has 2 rings (SSSR count). The summed E-state index contributed by atoms with van der Waals surface area (Å²) in [6.45, 7) is 1.78. The predicted molar refractivity (Wildman–Crippen MR) is 69.9 cm³/mol. The Balaban J connectivity index is 2.13. The topological polar surface area (TPSA) is 72.9 Å². The van der Waals surface area contributed by atoms with Crippen LogP contribution in [0.1, 0.15) is 28.9 Å². The molecule has 1 unspecified atom stereocenters. The van der Waals surface area contributed by atoms with Crippen LogP contribution in [0.25, 0.3) is 0 Å². The molecule has 6 heteroatoms. The van der Waals surface area contributed by atoms with Gasteiger partial charge in [-0.15, -0.1) is 0 Å². The van der Waals surface area contributed by atoms with Gasteiger partial charge in [0.15, 0.2) is 0 Å². The fourth-order valence-corrected chi connectivity index (χ4v) is 1.76. The molecule has 2 aromatic rings. The second kappa shape index (κ2) is 5.09. The summed E-state index contributed by atoms with van der Waals surface area (Å²) in [6, 6.07) is 5.78. The number of halogens is 1. The fraction of sp³-hybridized carbons (Fsp3) is 0.231. The zero-order valence-electron chi connectivity index (χ0n) is 10.7. The first kappa shape index (κ1) is 13.1. The number of amides is 1. The number of carbonyl (C=O) groups is 1. The molecule has 1 aromatic heterocycles. The van der Waals surface area contributed by atoms with Crippen LogP contribution in [0.3, 0.4) is 0 Å². The molecule has 0 saturated heterocycles. The van der Waals surface area contributed by atoms with Gasteiger partial charge in [-0.3, -0.25) is 9.48 Å². The maximum atomic E-state index is 13.1. The standard InChI is InChI=1S/C13H15FN4O/c1-8(9-4-3-5-10(14)6-9)17-13(19)11-7-16-18(2)12(11)15/h3-8H,15H2,1-2H3,(H,17,19). The van der Waals surface area contributed by atoms with E-state index in [1.807, 2.05) is 0 Å². The van der Waals surface area contributed by atoms with Crippen LogP contribution in [0.5, 0.6) is 0 Å². The van der Waals surface area contributed by atoms with Crippen molar-refractivity contribution >= 4 is 11.7 Å². The van der Waals surface area contributed by atoms with Gasteiger partial charge < -0.3 is 11.1 Å². The van der Waals surface area contributed by atoms with Crippen LogP contribution in [-0.2, 0) is 7.05 Å². The molecule has 1 aromatic carbocycles. The Morgan fingerprint density at radius 1 is 1.53 bits per heavy atom. The van der Waals surface area contributed by atoms with Gasteiger partial charge in [0.2, 0.25) is 0 Å². The number of rotatable bonds is 3. The Labute approximate surface area is 110 Å². The largest absolute Gasteiger partial charge is 0.383 e. The van der Waals surface area contributed by atoms with E-state index in [0.29, 0.717) is 16.9 Å². The Morgan fingerprint density at radius 2 is 2.26 bits per heavy atom. The summed E-state index contributed by atoms with van der Waals surface area (Å²) in [7, 11) is 1.65. The number of nitrogens with two attached hydrogens (primary N) is 1. The highest BCUT2D eigenvalue weighted by atomic mass is 19.1. The lowest BCUT2D eigenvalue weighted by Crippen LogP contribution is -2.27. The molecule has 1 atom stereocenters. The molecule has 0 fully saturated rings. The van der Waals surface area contributed by atoms with Crippen molar-refractivity contribution in [1.82, 2.24) is 15.1 Å². The minimum absolute atomic E-state index is 0.295. The second-order valence-electron chi connectivity index (χ2n) is 4.32. The Kier molecular flexibility index (Phi) is 3.50. The summed E-state index contributed by atoms with van der Waals surface area (Å²) in [5.41, 5.74) is 6.72. The van der Waals surface area contributed by atoms with Gasteiger partial charge >= 0.3 is 0 Å². The summed E-state index contributed by atoms with van der Waals surface area (Å²) < 4.78 is 14.5. The van der Waals surface area contributed by atoms with Crippen molar-refractivity contribution in [3.8, 4) is 0 Å². The number of nitrogens with one attached hydrogen (secondary N) is 1. The van der Waals surface area contributed by atoms with E-state index in [1.54, 1.807) is 26.1 Å². The van der Waals surface area contributed by atoms with Crippen LogP contribution in [0.4, 0.5) is 10.2 Å². The minimum Gasteiger partial charge on any atom is -0.383 e. The molecule has 0 aliphatic rings. The highest BCUT2D eigenvalue weighted by molar-refractivity contribution is 5.98. The number of nitrogens with zero attached hydrogens (tertiary/aromatic N) is 2. The van der Waals surface area contributed by atoms with Gasteiger partial charge in [0.1, 0.15) is 17.2 Å². The highest BCUT2D eigenvalue weighted by Gasteiger charge is 2.16. The van der Waals surface area contributed by atoms with Crippen molar-refractivity contribution in [2.45, 2.75) is 13.0 Å². The van der Waals surface area contributed by atoms with Crippen LogP contribution >= 0.6 is 0 Å². The lowest BCUT2D eigenvalue weighted by molar-refractivity contribution is 0.0940. The quantitative estimate of drug-likeness (QED) is 0.883. The molecule has 1 amide bonds. The lowest BCUT2D eigenvalue weighted by atomic mass is 10.1. The van der Waals surface area contributed by atoms with Crippen LogP contribution in [0.15, 0.2) is 30.5 Å².